The molecule has 0 saturated carbocycles. The number of imide groups is 1. The topological polar surface area (TPSA) is 98.5 Å². The van der Waals surface area contributed by atoms with E-state index in [1.807, 2.05) is 24.3 Å². The molecule has 0 saturated heterocycles. The van der Waals surface area contributed by atoms with Crippen LogP contribution >= 0.6 is 0 Å². The average molecular weight is 290 g/mol. The van der Waals surface area contributed by atoms with Crippen molar-refractivity contribution in [1.29, 1.82) is 0 Å². The highest BCUT2D eigenvalue weighted by Crippen LogP contribution is 2.15. The van der Waals surface area contributed by atoms with Crippen LogP contribution in [0.25, 0.3) is 0 Å². The molecule has 112 valence electrons. The van der Waals surface area contributed by atoms with Crippen molar-refractivity contribution in [2.45, 2.75) is 26.4 Å². The first-order chi connectivity index (χ1) is 9.88. The molecular weight excluding hydrogens is 272 g/mol. The summed E-state index contributed by atoms with van der Waals surface area (Å²) in [6, 6.07) is 6.73. The summed E-state index contributed by atoms with van der Waals surface area (Å²) in [5, 5.41) is 1.79. The molecule has 3 amide bonds. The van der Waals surface area contributed by atoms with Gasteiger partial charge in [0.05, 0.1) is 0 Å². The average Bonchev–Trinajstić information content (AvgIpc) is 2.42. The van der Waals surface area contributed by atoms with Crippen LogP contribution in [0.15, 0.2) is 36.4 Å². The molecule has 1 rings (SSSR count). The summed E-state index contributed by atoms with van der Waals surface area (Å²) in [5.74, 6) is -1.02. The Morgan fingerprint density at radius 2 is 1.81 bits per heavy atom. The van der Waals surface area contributed by atoms with Gasteiger partial charge in [-0.25, -0.2) is 9.59 Å². The van der Waals surface area contributed by atoms with Gasteiger partial charge in [-0.1, -0.05) is 38.1 Å². The van der Waals surface area contributed by atoms with Crippen LogP contribution in [0.2, 0.25) is 0 Å². The third-order valence-corrected chi connectivity index (χ3v) is 2.64. The Balaban J connectivity index is 2.44. The van der Waals surface area contributed by atoms with Gasteiger partial charge in [0.2, 0.25) is 0 Å². The first-order valence-corrected chi connectivity index (χ1v) is 6.42. The van der Waals surface area contributed by atoms with E-state index in [2.05, 4.69) is 13.8 Å². The van der Waals surface area contributed by atoms with E-state index in [9.17, 15) is 14.4 Å². The van der Waals surface area contributed by atoms with Crippen molar-refractivity contribution in [2.24, 2.45) is 5.73 Å². The predicted molar refractivity (Wildman–Crippen MR) is 77.2 cm³/mol. The summed E-state index contributed by atoms with van der Waals surface area (Å²) in [6.07, 6.45) is 1.82. The van der Waals surface area contributed by atoms with Crippen LogP contribution in [0.4, 0.5) is 4.79 Å². The third kappa shape index (κ3) is 6.38. The van der Waals surface area contributed by atoms with E-state index in [-0.39, 0.29) is 6.61 Å². The van der Waals surface area contributed by atoms with Gasteiger partial charge in [-0.2, -0.15) is 0 Å². The van der Waals surface area contributed by atoms with Crippen LogP contribution in [0.1, 0.15) is 30.9 Å². The lowest BCUT2D eigenvalue weighted by molar-refractivity contribution is -0.139. The molecule has 0 atom stereocenters. The summed E-state index contributed by atoms with van der Waals surface area (Å²) in [4.78, 5) is 32.8. The number of amides is 3. The van der Waals surface area contributed by atoms with Gasteiger partial charge in [0.1, 0.15) is 6.61 Å². The first-order valence-electron chi connectivity index (χ1n) is 6.42. The molecule has 0 aliphatic carbocycles. The fourth-order valence-corrected chi connectivity index (χ4v) is 1.51. The number of carbonyl (C=O) groups excluding carboxylic acids is 3. The molecule has 1 aromatic rings. The number of esters is 1. The lowest BCUT2D eigenvalue weighted by Gasteiger charge is -2.07. The third-order valence-electron chi connectivity index (χ3n) is 2.64. The first kappa shape index (κ1) is 16.4. The minimum absolute atomic E-state index is 0.110. The van der Waals surface area contributed by atoms with Crippen molar-refractivity contribution in [1.82, 2.24) is 5.32 Å². The maximum atomic E-state index is 11.4. The summed E-state index contributed by atoms with van der Waals surface area (Å²) in [5.41, 5.74) is 6.80. The molecule has 0 aromatic heterocycles. The van der Waals surface area contributed by atoms with Crippen LogP contribution in [0.3, 0.4) is 0 Å². The van der Waals surface area contributed by atoms with E-state index in [0.717, 1.165) is 17.7 Å². The fourth-order valence-electron chi connectivity index (χ4n) is 1.51. The van der Waals surface area contributed by atoms with Gasteiger partial charge in [-0.3, -0.25) is 10.1 Å². The lowest BCUT2D eigenvalue weighted by Crippen LogP contribution is -2.33. The zero-order chi connectivity index (χ0) is 15.8. The van der Waals surface area contributed by atoms with Crippen molar-refractivity contribution >= 4 is 17.9 Å². The highest BCUT2D eigenvalue weighted by molar-refractivity contribution is 6.02. The molecule has 0 unspecified atom stereocenters. The number of carbonyl (C=O) groups is 3. The van der Waals surface area contributed by atoms with Gasteiger partial charge in [-0.15, -0.1) is 0 Å². The maximum absolute atomic E-state index is 11.4. The molecule has 0 radical (unpaired) electrons. The zero-order valence-corrected chi connectivity index (χ0v) is 12.0. The second-order valence-corrected chi connectivity index (χ2v) is 4.69. The minimum Gasteiger partial charge on any atom is -0.458 e. The second-order valence-electron chi connectivity index (χ2n) is 4.69. The molecule has 0 spiro atoms. The predicted octanol–water partition coefficient (Wildman–Crippen LogP) is 1.60. The van der Waals surface area contributed by atoms with E-state index in [0.29, 0.717) is 5.92 Å². The normalized spacial score (nSPS) is 10.6. The molecule has 1 aromatic carbocycles. The van der Waals surface area contributed by atoms with E-state index in [1.165, 1.54) is 5.56 Å². The Bertz CT molecular complexity index is 547. The number of nitrogens with two attached hydrogens (primary N) is 1. The fraction of sp³-hybridized carbons (Fsp3) is 0.267. The Labute approximate surface area is 123 Å². The minimum atomic E-state index is -0.983. The molecule has 0 aliphatic rings. The van der Waals surface area contributed by atoms with Crippen LogP contribution in [-0.2, 0) is 20.9 Å². The molecule has 3 N–H and O–H groups in total. The molecule has 0 fully saturated rings. The van der Waals surface area contributed by atoms with Crippen LogP contribution in [0.5, 0.6) is 0 Å². The summed E-state index contributed by atoms with van der Waals surface area (Å²) in [7, 11) is 0. The van der Waals surface area contributed by atoms with E-state index >= 15 is 0 Å². The Morgan fingerprint density at radius 3 is 2.33 bits per heavy atom. The number of hydrogen-bond acceptors (Lipinski definition) is 4. The van der Waals surface area contributed by atoms with Crippen LogP contribution < -0.4 is 11.1 Å². The van der Waals surface area contributed by atoms with E-state index in [4.69, 9.17) is 10.5 Å². The number of urea groups is 1. The Kier molecular flexibility index (Phi) is 6.13. The number of nitrogens with one attached hydrogen (secondary N) is 1. The van der Waals surface area contributed by atoms with Crippen LogP contribution in [-0.4, -0.2) is 17.9 Å². The summed E-state index contributed by atoms with van der Waals surface area (Å²) >= 11 is 0. The maximum Gasteiger partial charge on any atom is 0.331 e. The smallest absolute Gasteiger partial charge is 0.331 e. The Morgan fingerprint density at radius 1 is 1.19 bits per heavy atom. The molecule has 21 heavy (non-hydrogen) atoms. The van der Waals surface area contributed by atoms with Crippen molar-refractivity contribution in [3.63, 3.8) is 0 Å². The standard InChI is InChI=1S/C15H18N2O4/c1-10(2)12-5-3-11(4-6-12)9-21-14(19)8-7-13(18)17-15(16)20/h3-8,10H,9H2,1-2H3,(H3,16,17,18,20)/b8-7+. The molecule has 0 bridgehead atoms. The van der Waals surface area contributed by atoms with Gasteiger partial charge in [0.15, 0.2) is 0 Å². The zero-order valence-electron chi connectivity index (χ0n) is 12.0. The summed E-state index contributed by atoms with van der Waals surface area (Å²) in [6.45, 7) is 4.30. The SMILES string of the molecule is CC(C)c1ccc(COC(=O)/C=C/C(=O)NC(N)=O)cc1. The summed E-state index contributed by atoms with van der Waals surface area (Å²) < 4.78 is 4.96. The highest BCUT2D eigenvalue weighted by Gasteiger charge is 2.03. The number of hydrogen-bond donors (Lipinski definition) is 2. The van der Waals surface area contributed by atoms with Crippen molar-refractivity contribution in [3.05, 3.63) is 47.5 Å². The number of ether oxygens (including phenoxy) is 1. The molecule has 0 aliphatic heterocycles. The van der Waals surface area contributed by atoms with Crippen LogP contribution in [0, 0.1) is 0 Å². The van der Waals surface area contributed by atoms with Crippen molar-refractivity contribution < 1.29 is 19.1 Å². The largest absolute Gasteiger partial charge is 0.458 e. The van der Waals surface area contributed by atoms with Gasteiger partial charge in [0, 0.05) is 12.2 Å². The van der Waals surface area contributed by atoms with Gasteiger partial charge in [-0.05, 0) is 17.0 Å². The molecule has 6 nitrogen and oxygen atoms in total. The Hall–Kier alpha value is -2.63. The lowest BCUT2D eigenvalue weighted by atomic mass is 10.0. The molecule has 6 heteroatoms. The van der Waals surface area contributed by atoms with Crippen molar-refractivity contribution in [2.75, 3.05) is 0 Å². The number of benzene rings is 1. The highest BCUT2D eigenvalue weighted by atomic mass is 16.5. The monoisotopic (exact) mass is 290 g/mol. The van der Waals surface area contributed by atoms with Gasteiger partial charge in [0.25, 0.3) is 5.91 Å². The molecular formula is C15H18N2O4. The van der Waals surface area contributed by atoms with E-state index < -0.39 is 17.9 Å². The number of primary amides is 1. The molecule has 0 heterocycles. The van der Waals surface area contributed by atoms with Gasteiger partial charge >= 0.3 is 12.0 Å². The van der Waals surface area contributed by atoms with Crippen molar-refractivity contribution in [3.8, 4) is 0 Å². The second kappa shape index (κ2) is 7.84. The van der Waals surface area contributed by atoms with Gasteiger partial charge < -0.3 is 10.5 Å². The van der Waals surface area contributed by atoms with E-state index in [1.54, 1.807) is 5.32 Å². The number of rotatable bonds is 5. The quantitative estimate of drug-likeness (QED) is 0.635.